The lowest BCUT2D eigenvalue weighted by Crippen LogP contribution is -2.20. The van der Waals surface area contributed by atoms with Gasteiger partial charge in [0.15, 0.2) is 11.5 Å². The number of hydrogen-bond acceptors (Lipinski definition) is 5. The van der Waals surface area contributed by atoms with Gasteiger partial charge in [0.1, 0.15) is 11.9 Å². The van der Waals surface area contributed by atoms with Gasteiger partial charge in [-0.05, 0) is 30.5 Å². The summed E-state index contributed by atoms with van der Waals surface area (Å²) in [7, 11) is 0. The minimum absolute atomic E-state index is 0.124. The highest BCUT2D eigenvalue weighted by atomic mass is 19.1. The van der Waals surface area contributed by atoms with Crippen molar-refractivity contribution in [2.24, 2.45) is 0 Å². The van der Waals surface area contributed by atoms with Crippen LogP contribution in [0.1, 0.15) is 61.2 Å². The first-order valence-electron chi connectivity index (χ1n) is 9.53. The zero-order valence-corrected chi connectivity index (χ0v) is 15.0. The Labute approximate surface area is 156 Å². The first-order valence-corrected chi connectivity index (χ1v) is 9.53. The number of nitrogens with zero attached hydrogens (tertiary/aromatic N) is 4. The van der Waals surface area contributed by atoms with Crippen molar-refractivity contribution in [3.63, 3.8) is 0 Å². The maximum absolute atomic E-state index is 13.1. The maximum atomic E-state index is 13.1. The number of benzene rings is 1. The molecule has 140 valence electrons. The topological polar surface area (TPSA) is 66.0 Å². The molecule has 0 radical (unpaired) electrons. The predicted molar refractivity (Wildman–Crippen MR) is 95.3 cm³/mol. The van der Waals surface area contributed by atoms with Crippen LogP contribution < -0.4 is 0 Å². The van der Waals surface area contributed by atoms with Gasteiger partial charge < -0.3 is 13.8 Å². The van der Waals surface area contributed by atoms with E-state index in [-0.39, 0.29) is 11.9 Å². The first-order chi connectivity index (χ1) is 13.3. The summed E-state index contributed by atoms with van der Waals surface area (Å²) in [5.41, 5.74) is 2.59. The Kier molecular flexibility index (Phi) is 4.24. The van der Waals surface area contributed by atoms with Gasteiger partial charge >= 0.3 is 0 Å². The molecule has 5 rings (SSSR count). The molecule has 0 amide bonds. The van der Waals surface area contributed by atoms with Gasteiger partial charge in [0.05, 0.1) is 25.2 Å². The molecule has 3 aromatic rings. The van der Waals surface area contributed by atoms with E-state index in [9.17, 15) is 4.39 Å². The molecule has 2 aromatic heterocycles. The van der Waals surface area contributed by atoms with Crippen molar-refractivity contribution in [1.29, 1.82) is 0 Å². The summed E-state index contributed by atoms with van der Waals surface area (Å²) < 4.78 is 26.7. The summed E-state index contributed by atoms with van der Waals surface area (Å²) in [6, 6.07) is 6.44. The van der Waals surface area contributed by atoms with Gasteiger partial charge in [-0.25, -0.2) is 9.37 Å². The Morgan fingerprint density at radius 1 is 1.07 bits per heavy atom. The van der Waals surface area contributed by atoms with Crippen LogP contribution in [0.15, 0.2) is 35.1 Å². The van der Waals surface area contributed by atoms with Crippen molar-refractivity contribution in [3.8, 4) is 11.6 Å². The molecule has 1 aromatic carbocycles. The van der Waals surface area contributed by atoms with Gasteiger partial charge in [0.25, 0.3) is 5.89 Å². The van der Waals surface area contributed by atoms with Crippen LogP contribution in [0.25, 0.3) is 11.6 Å². The highest BCUT2D eigenvalue weighted by Crippen LogP contribution is 2.34. The summed E-state index contributed by atoms with van der Waals surface area (Å²) in [5.74, 6) is 1.42. The standard InChI is InChI=1S/C20H21FN4O2/c21-15-8-6-13(7-9-15)17-10-25-12-22-18(16(25)11-26-17)20-23-19(24-27-20)14-4-2-1-3-5-14/h6-9,12,14,17H,1-5,10-11H2. The van der Waals surface area contributed by atoms with Crippen LogP contribution >= 0.6 is 0 Å². The Morgan fingerprint density at radius 3 is 2.70 bits per heavy atom. The van der Waals surface area contributed by atoms with Crippen LogP contribution in [0.4, 0.5) is 4.39 Å². The van der Waals surface area contributed by atoms with E-state index >= 15 is 0 Å². The fraction of sp³-hybridized carbons (Fsp3) is 0.450. The van der Waals surface area contributed by atoms with Gasteiger partial charge in [-0.1, -0.05) is 36.6 Å². The van der Waals surface area contributed by atoms with Crippen molar-refractivity contribution in [2.45, 2.75) is 57.3 Å². The molecular weight excluding hydrogens is 347 g/mol. The minimum atomic E-state index is -0.245. The van der Waals surface area contributed by atoms with E-state index in [1.807, 2.05) is 0 Å². The van der Waals surface area contributed by atoms with Gasteiger partial charge in [-0.15, -0.1) is 0 Å². The van der Waals surface area contributed by atoms with E-state index in [2.05, 4.69) is 19.7 Å². The number of rotatable bonds is 3. The SMILES string of the molecule is Fc1ccc(C2Cn3cnc(-c4nc(C5CCCCC5)no4)c3CO2)cc1. The summed E-state index contributed by atoms with van der Waals surface area (Å²) in [4.78, 5) is 9.12. The van der Waals surface area contributed by atoms with Gasteiger partial charge in [-0.2, -0.15) is 4.98 Å². The molecule has 1 unspecified atom stereocenters. The van der Waals surface area contributed by atoms with Crippen LogP contribution in [-0.4, -0.2) is 19.7 Å². The second kappa shape index (κ2) is 6.88. The molecule has 1 fully saturated rings. The molecule has 1 atom stereocenters. The molecule has 0 N–H and O–H groups in total. The molecule has 6 nitrogen and oxygen atoms in total. The van der Waals surface area contributed by atoms with Crippen molar-refractivity contribution in [2.75, 3.05) is 0 Å². The lowest BCUT2D eigenvalue weighted by Gasteiger charge is -2.25. The molecule has 2 aliphatic rings. The lowest BCUT2D eigenvalue weighted by molar-refractivity contribution is 0.00326. The van der Waals surface area contributed by atoms with Gasteiger partial charge in [0, 0.05) is 5.92 Å². The van der Waals surface area contributed by atoms with Crippen LogP contribution in [0.2, 0.25) is 0 Å². The Bertz CT molecular complexity index is 928. The fourth-order valence-corrected chi connectivity index (χ4v) is 4.04. The third-order valence-corrected chi connectivity index (χ3v) is 5.59. The summed E-state index contributed by atoms with van der Waals surface area (Å²) >= 11 is 0. The number of fused-ring (bicyclic) bond motifs is 1. The molecule has 0 spiro atoms. The zero-order chi connectivity index (χ0) is 18.2. The molecule has 7 heteroatoms. The van der Waals surface area contributed by atoms with Crippen molar-refractivity contribution in [3.05, 3.63) is 53.5 Å². The highest BCUT2D eigenvalue weighted by Gasteiger charge is 2.28. The second-order valence-corrected chi connectivity index (χ2v) is 7.34. The monoisotopic (exact) mass is 368 g/mol. The van der Waals surface area contributed by atoms with Crippen LogP contribution in [-0.2, 0) is 17.9 Å². The minimum Gasteiger partial charge on any atom is -0.365 e. The van der Waals surface area contributed by atoms with Crippen molar-refractivity contribution < 1.29 is 13.7 Å². The van der Waals surface area contributed by atoms with E-state index in [4.69, 9.17) is 9.26 Å². The van der Waals surface area contributed by atoms with E-state index in [1.165, 1.54) is 31.4 Å². The lowest BCUT2D eigenvalue weighted by atomic mass is 9.89. The Balaban J connectivity index is 1.37. The molecule has 1 saturated carbocycles. The number of ether oxygens (including phenoxy) is 1. The third kappa shape index (κ3) is 3.16. The van der Waals surface area contributed by atoms with Gasteiger partial charge in [-0.3, -0.25) is 0 Å². The van der Waals surface area contributed by atoms with E-state index < -0.39 is 0 Å². The molecule has 1 aliphatic carbocycles. The molecule has 3 heterocycles. The molecule has 1 aliphatic heterocycles. The molecule has 0 bridgehead atoms. The fourth-order valence-electron chi connectivity index (χ4n) is 4.04. The molecular formula is C20H21FN4O2. The molecule has 0 saturated heterocycles. The maximum Gasteiger partial charge on any atom is 0.278 e. The van der Waals surface area contributed by atoms with Crippen molar-refractivity contribution >= 4 is 0 Å². The quantitative estimate of drug-likeness (QED) is 0.686. The first kappa shape index (κ1) is 16.6. The number of aromatic nitrogens is 4. The largest absolute Gasteiger partial charge is 0.365 e. The normalized spacial score (nSPS) is 20.6. The summed E-state index contributed by atoms with van der Waals surface area (Å²) in [6.45, 7) is 1.02. The smallest absolute Gasteiger partial charge is 0.278 e. The van der Waals surface area contributed by atoms with Crippen LogP contribution in [0.5, 0.6) is 0 Å². The van der Waals surface area contributed by atoms with Crippen LogP contribution in [0, 0.1) is 5.82 Å². The predicted octanol–water partition coefficient (Wildman–Crippen LogP) is 4.39. The number of halogens is 1. The summed E-state index contributed by atoms with van der Waals surface area (Å²) in [6.07, 6.45) is 7.67. The second-order valence-electron chi connectivity index (χ2n) is 7.34. The van der Waals surface area contributed by atoms with Crippen molar-refractivity contribution in [1.82, 2.24) is 19.7 Å². The van der Waals surface area contributed by atoms with Crippen LogP contribution in [0.3, 0.4) is 0 Å². The van der Waals surface area contributed by atoms with E-state index in [0.717, 1.165) is 29.9 Å². The number of hydrogen-bond donors (Lipinski definition) is 0. The van der Waals surface area contributed by atoms with E-state index in [0.29, 0.717) is 30.7 Å². The summed E-state index contributed by atoms with van der Waals surface area (Å²) in [5, 5.41) is 4.20. The zero-order valence-electron chi connectivity index (χ0n) is 15.0. The van der Waals surface area contributed by atoms with Gasteiger partial charge in [0.2, 0.25) is 0 Å². The Hall–Kier alpha value is -2.54. The average Bonchev–Trinajstić information content (AvgIpc) is 3.36. The third-order valence-electron chi connectivity index (χ3n) is 5.59. The highest BCUT2D eigenvalue weighted by molar-refractivity contribution is 5.51. The Morgan fingerprint density at radius 2 is 1.89 bits per heavy atom. The number of imidazole rings is 1. The van der Waals surface area contributed by atoms with E-state index in [1.54, 1.807) is 18.5 Å². The average molecular weight is 368 g/mol. The molecule has 27 heavy (non-hydrogen) atoms.